The van der Waals surface area contributed by atoms with Crippen LogP contribution in [0.15, 0.2) is 53.3 Å². The van der Waals surface area contributed by atoms with Gasteiger partial charge in [0.2, 0.25) is 11.2 Å². The van der Waals surface area contributed by atoms with Crippen molar-refractivity contribution in [1.29, 1.82) is 5.41 Å². The monoisotopic (exact) mass is 423 g/mol. The van der Waals surface area contributed by atoms with Gasteiger partial charge in [-0.2, -0.15) is 13.2 Å². The van der Waals surface area contributed by atoms with Crippen LogP contribution < -0.4 is 10.5 Å². The SMILES string of the molecule is CC1=CC(N)N(C(=N)Cl)N=C1Oc1cc(C(F)(F)F)ccc1-c1cccnc1C. The Bertz CT molecular complexity index is 1020. The van der Waals surface area contributed by atoms with Gasteiger partial charge in [-0.15, -0.1) is 5.10 Å². The molecular weight excluding hydrogens is 407 g/mol. The molecule has 3 rings (SSSR count). The third-order valence-electron chi connectivity index (χ3n) is 4.25. The number of aryl methyl sites for hydroxylation is 1. The summed E-state index contributed by atoms with van der Waals surface area (Å²) in [6, 6.07) is 6.64. The smallest absolute Gasteiger partial charge is 0.416 e. The molecule has 0 spiro atoms. The highest BCUT2D eigenvalue weighted by Crippen LogP contribution is 2.38. The molecule has 0 saturated heterocycles. The Labute approximate surface area is 169 Å². The largest absolute Gasteiger partial charge is 0.437 e. The number of aromatic nitrogens is 1. The molecule has 0 radical (unpaired) electrons. The van der Waals surface area contributed by atoms with E-state index in [4.69, 9.17) is 27.5 Å². The van der Waals surface area contributed by atoms with E-state index in [1.807, 2.05) is 0 Å². The molecule has 1 aromatic carbocycles. The van der Waals surface area contributed by atoms with E-state index in [-0.39, 0.29) is 11.6 Å². The first-order valence-electron chi connectivity index (χ1n) is 8.45. The van der Waals surface area contributed by atoms with Gasteiger partial charge in [0.05, 0.1) is 5.56 Å². The maximum absolute atomic E-state index is 13.3. The number of nitrogens with zero attached hydrogens (tertiary/aromatic N) is 3. The van der Waals surface area contributed by atoms with Crippen molar-refractivity contribution in [2.45, 2.75) is 26.2 Å². The summed E-state index contributed by atoms with van der Waals surface area (Å²) in [5, 5.41) is 12.2. The second kappa shape index (κ2) is 7.84. The number of nitrogens with one attached hydrogen (secondary N) is 1. The van der Waals surface area contributed by atoms with Gasteiger partial charge in [0.15, 0.2) is 0 Å². The van der Waals surface area contributed by atoms with Gasteiger partial charge in [-0.3, -0.25) is 10.4 Å². The Balaban J connectivity index is 2.11. The minimum Gasteiger partial charge on any atom is -0.437 e. The molecule has 0 bridgehead atoms. The number of nitrogens with two attached hydrogens (primary N) is 1. The lowest BCUT2D eigenvalue weighted by atomic mass is 10.0. The summed E-state index contributed by atoms with van der Waals surface area (Å²) in [4.78, 5) is 4.19. The maximum atomic E-state index is 13.3. The molecule has 0 saturated carbocycles. The summed E-state index contributed by atoms with van der Waals surface area (Å²) in [6.07, 6.45) is -2.20. The second-order valence-electron chi connectivity index (χ2n) is 6.33. The number of rotatable bonds is 2. The van der Waals surface area contributed by atoms with E-state index in [1.54, 1.807) is 38.3 Å². The normalized spacial score (nSPS) is 16.9. The predicted molar refractivity (Wildman–Crippen MR) is 105 cm³/mol. The fraction of sp³-hybridized carbons (Fsp3) is 0.211. The molecule has 0 aliphatic carbocycles. The minimum atomic E-state index is -4.55. The molecular formula is C19H17ClF3N5O. The van der Waals surface area contributed by atoms with Crippen molar-refractivity contribution in [2.24, 2.45) is 10.8 Å². The minimum absolute atomic E-state index is 0.0146. The Morgan fingerprint density at radius 3 is 2.59 bits per heavy atom. The number of benzene rings is 1. The molecule has 3 N–H and O–H groups in total. The van der Waals surface area contributed by atoms with Crippen LogP contribution in [0.1, 0.15) is 18.2 Å². The number of hydrazone groups is 1. The standard InChI is InChI=1S/C19H17ClF3N5O/c1-10-8-16(24)28(18(20)25)27-17(10)29-15-9-12(19(21,22)23)5-6-14(15)13-4-3-7-26-11(13)2/h3-9,16,25H,24H2,1-2H3. The van der Waals surface area contributed by atoms with Crippen LogP contribution in [0.25, 0.3) is 11.1 Å². The van der Waals surface area contributed by atoms with E-state index in [1.165, 1.54) is 6.07 Å². The van der Waals surface area contributed by atoms with Crippen LogP contribution in [0.2, 0.25) is 0 Å². The summed E-state index contributed by atoms with van der Waals surface area (Å²) in [7, 11) is 0. The molecule has 1 aromatic heterocycles. The van der Waals surface area contributed by atoms with Crippen LogP contribution in [0.5, 0.6) is 5.75 Å². The summed E-state index contributed by atoms with van der Waals surface area (Å²) >= 11 is 5.68. The highest BCUT2D eigenvalue weighted by atomic mass is 35.5. The Morgan fingerprint density at radius 1 is 1.24 bits per heavy atom. The van der Waals surface area contributed by atoms with Gasteiger partial charge >= 0.3 is 6.18 Å². The van der Waals surface area contributed by atoms with Crippen molar-refractivity contribution in [2.75, 3.05) is 0 Å². The van der Waals surface area contributed by atoms with Crippen LogP contribution in [0, 0.1) is 12.3 Å². The first-order valence-corrected chi connectivity index (χ1v) is 8.83. The van der Waals surface area contributed by atoms with E-state index >= 15 is 0 Å². The summed E-state index contributed by atoms with van der Waals surface area (Å²) < 4.78 is 45.6. The van der Waals surface area contributed by atoms with Crippen molar-refractivity contribution < 1.29 is 17.9 Å². The number of alkyl halides is 3. The van der Waals surface area contributed by atoms with Crippen molar-refractivity contribution >= 4 is 22.8 Å². The van der Waals surface area contributed by atoms with Gasteiger partial charge in [-0.1, -0.05) is 6.07 Å². The Hall–Kier alpha value is -2.91. The number of hydrogen-bond acceptors (Lipinski definition) is 5. The van der Waals surface area contributed by atoms with Crippen molar-refractivity contribution in [3.63, 3.8) is 0 Å². The van der Waals surface area contributed by atoms with Crippen molar-refractivity contribution in [1.82, 2.24) is 9.99 Å². The lowest BCUT2D eigenvalue weighted by Crippen LogP contribution is -2.43. The molecule has 1 atom stereocenters. The van der Waals surface area contributed by atoms with Crippen LogP contribution in [0.4, 0.5) is 13.2 Å². The molecule has 0 amide bonds. The quantitative estimate of drug-likeness (QED) is 0.423. The van der Waals surface area contributed by atoms with Gasteiger partial charge in [0.1, 0.15) is 11.9 Å². The number of ether oxygens (including phenoxy) is 1. The van der Waals surface area contributed by atoms with Crippen LogP contribution >= 0.6 is 11.6 Å². The lowest BCUT2D eigenvalue weighted by Gasteiger charge is -2.27. The van der Waals surface area contributed by atoms with E-state index in [2.05, 4.69) is 10.1 Å². The summed E-state index contributed by atoms with van der Waals surface area (Å²) in [5.74, 6) is -0.0711. The van der Waals surface area contributed by atoms with Crippen molar-refractivity contribution in [3.05, 3.63) is 59.4 Å². The molecule has 1 unspecified atom stereocenters. The second-order valence-corrected chi connectivity index (χ2v) is 6.69. The molecule has 2 heterocycles. The molecule has 2 aromatic rings. The van der Waals surface area contributed by atoms with Gasteiger partial charge in [0, 0.05) is 28.6 Å². The zero-order valence-electron chi connectivity index (χ0n) is 15.5. The fourth-order valence-corrected chi connectivity index (χ4v) is 2.95. The molecule has 6 nitrogen and oxygen atoms in total. The third kappa shape index (κ3) is 4.41. The average Bonchev–Trinajstić information content (AvgIpc) is 2.63. The number of pyridine rings is 1. The summed E-state index contributed by atoms with van der Waals surface area (Å²) in [6.45, 7) is 3.39. The van der Waals surface area contributed by atoms with Crippen molar-refractivity contribution in [3.8, 4) is 16.9 Å². The number of halogens is 4. The molecule has 10 heteroatoms. The van der Waals surface area contributed by atoms with E-state index in [0.717, 1.165) is 17.1 Å². The highest BCUT2D eigenvalue weighted by Gasteiger charge is 2.32. The van der Waals surface area contributed by atoms with Gasteiger partial charge < -0.3 is 10.5 Å². The first kappa shape index (κ1) is 20.8. The number of hydrogen-bond donors (Lipinski definition) is 2. The average molecular weight is 424 g/mol. The van der Waals surface area contributed by atoms with Gasteiger partial charge in [-0.25, -0.2) is 5.01 Å². The number of amidine groups is 1. The van der Waals surface area contributed by atoms with Crippen LogP contribution in [-0.2, 0) is 6.18 Å². The highest BCUT2D eigenvalue weighted by molar-refractivity contribution is 6.63. The zero-order chi connectivity index (χ0) is 21.3. The lowest BCUT2D eigenvalue weighted by molar-refractivity contribution is -0.137. The third-order valence-corrected chi connectivity index (χ3v) is 4.43. The molecule has 1 aliphatic rings. The first-order chi connectivity index (χ1) is 13.6. The predicted octanol–water partition coefficient (Wildman–Crippen LogP) is 4.49. The molecule has 152 valence electrons. The molecule has 1 aliphatic heterocycles. The maximum Gasteiger partial charge on any atom is 0.416 e. The topological polar surface area (TPSA) is 87.6 Å². The van der Waals surface area contributed by atoms with Crippen LogP contribution in [-0.4, -0.2) is 27.4 Å². The Kier molecular flexibility index (Phi) is 5.63. The van der Waals surface area contributed by atoms with Crippen LogP contribution in [0.3, 0.4) is 0 Å². The van der Waals surface area contributed by atoms with Gasteiger partial charge in [0.25, 0.3) is 0 Å². The fourth-order valence-electron chi connectivity index (χ4n) is 2.80. The van der Waals surface area contributed by atoms with E-state index in [9.17, 15) is 13.2 Å². The molecule has 0 fully saturated rings. The van der Waals surface area contributed by atoms with Gasteiger partial charge in [-0.05, 0) is 55.8 Å². The molecule has 29 heavy (non-hydrogen) atoms. The summed E-state index contributed by atoms with van der Waals surface area (Å²) in [5.41, 5.74) is 7.15. The van der Waals surface area contributed by atoms with E-state index < -0.39 is 23.2 Å². The zero-order valence-corrected chi connectivity index (χ0v) is 16.2. The van der Waals surface area contributed by atoms with E-state index in [0.29, 0.717) is 22.4 Å². The Morgan fingerprint density at radius 2 is 1.97 bits per heavy atom.